The first-order valence-electron chi connectivity index (χ1n) is 4.88. The van der Waals surface area contributed by atoms with Crippen LogP contribution in [0, 0.1) is 0 Å². The van der Waals surface area contributed by atoms with Crippen molar-refractivity contribution in [2.75, 3.05) is 25.2 Å². The van der Waals surface area contributed by atoms with Crippen LogP contribution in [-0.4, -0.2) is 31.3 Å². The van der Waals surface area contributed by atoms with Gasteiger partial charge in [0.25, 0.3) is 0 Å². The van der Waals surface area contributed by atoms with Crippen molar-refractivity contribution in [2.24, 2.45) is 5.84 Å². The van der Waals surface area contributed by atoms with Crippen LogP contribution < -0.4 is 11.3 Å². The van der Waals surface area contributed by atoms with Crippen molar-refractivity contribution in [3.63, 3.8) is 0 Å². The van der Waals surface area contributed by atoms with Gasteiger partial charge >= 0.3 is 0 Å². The minimum Gasteiger partial charge on any atom is -0.385 e. The summed E-state index contributed by atoms with van der Waals surface area (Å²) >= 11 is 1.96. The lowest BCUT2D eigenvalue weighted by atomic mass is 10.2. The summed E-state index contributed by atoms with van der Waals surface area (Å²) in [5.41, 5.74) is 2.84. The van der Waals surface area contributed by atoms with Gasteiger partial charge in [0.05, 0.1) is 0 Å². The highest BCUT2D eigenvalue weighted by atomic mass is 32.2. The summed E-state index contributed by atoms with van der Waals surface area (Å²) in [5.74, 6) is 7.76. The highest BCUT2D eigenvalue weighted by Gasteiger charge is 2.05. The molecule has 1 atom stereocenters. The second kappa shape index (κ2) is 10.3. The summed E-state index contributed by atoms with van der Waals surface area (Å²) < 4.78 is 4.99. The highest BCUT2D eigenvalue weighted by molar-refractivity contribution is 7.99. The topological polar surface area (TPSA) is 47.3 Å². The van der Waals surface area contributed by atoms with Crippen LogP contribution in [0.4, 0.5) is 0 Å². The molecule has 0 aliphatic rings. The van der Waals surface area contributed by atoms with Crippen molar-refractivity contribution in [3.05, 3.63) is 0 Å². The van der Waals surface area contributed by atoms with Crippen LogP contribution in [0.5, 0.6) is 0 Å². The van der Waals surface area contributed by atoms with E-state index >= 15 is 0 Å². The molecule has 0 spiro atoms. The number of thioether (sulfide) groups is 1. The van der Waals surface area contributed by atoms with Crippen LogP contribution in [0.3, 0.4) is 0 Å². The van der Waals surface area contributed by atoms with Crippen LogP contribution in [0.2, 0.25) is 0 Å². The Morgan fingerprint density at radius 3 is 2.85 bits per heavy atom. The molecule has 13 heavy (non-hydrogen) atoms. The third kappa shape index (κ3) is 8.56. The molecule has 0 aliphatic carbocycles. The second-order valence-corrected chi connectivity index (χ2v) is 4.22. The lowest BCUT2D eigenvalue weighted by Crippen LogP contribution is -2.37. The molecule has 3 N–H and O–H groups in total. The van der Waals surface area contributed by atoms with E-state index in [1.165, 1.54) is 12.2 Å². The molecular weight excluding hydrogens is 184 g/mol. The molecule has 4 heteroatoms. The Morgan fingerprint density at radius 1 is 1.54 bits per heavy atom. The largest absolute Gasteiger partial charge is 0.385 e. The fraction of sp³-hybridized carbons (Fsp3) is 1.00. The summed E-state index contributed by atoms with van der Waals surface area (Å²) in [6.07, 6.45) is 3.42. The quantitative estimate of drug-likeness (QED) is 0.340. The number of nitrogens with two attached hydrogens (primary N) is 1. The number of methoxy groups -OCH3 is 1. The summed E-state index contributed by atoms with van der Waals surface area (Å²) in [6.45, 7) is 3.03. The van der Waals surface area contributed by atoms with Gasteiger partial charge in [0, 0.05) is 25.5 Å². The molecule has 3 nitrogen and oxygen atoms in total. The molecule has 0 aliphatic heterocycles. The van der Waals surface area contributed by atoms with Crippen molar-refractivity contribution in [1.82, 2.24) is 5.43 Å². The summed E-state index contributed by atoms with van der Waals surface area (Å²) in [6, 6.07) is 0.437. The SMILES string of the molecule is CCCSCC(CCCOC)NN. The van der Waals surface area contributed by atoms with Gasteiger partial charge in [-0.15, -0.1) is 0 Å². The van der Waals surface area contributed by atoms with E-state index in [0.717, 1.165) is 25.2 Å². The Morgan fingerprint density at radius 2 is 2.31 bits per heavy atom. The molecule has 0 rings (SSSR count). The molecule has 80 valence electrons. The first-order chi connectivity index (χ1) is 6.35. The van der Waals surface area contributed by atoms with Crippen LogP contribution in [0.25, 0.3) is 0 Å². The Labute approximate surface area is 85.8 Å². The van der Waals surface area contributed by atoms with Crippen molar-refractivity contribution in [3.8, 4) is 0 Å². The maximum absolute atomic E-state index is 5.43. The van der Waals surface area contributed by atoms with Gasteiger partial charge < -0.3 is 4.74 Å². The van der Waals surface area contributed by atoms with Gasteiger partial charge in [0.1, 0.15) is 0 Å². The van der Waals surface area contributed by atoms with E-state index < -0.39 is 0 Å². The zero-order valence-electron chi connectivity index (χ0n) is 8.71. The predicted octanol–water partition coefficient (Wildman–Crippen LogP) is 1.39. The number of rotatable bonds is 9. The third-order valence-corrected chi connectivity index (χ3v) is 3.14. The van der Waals surface area contributed by atoms with Crippen molar-refractivity contribution in [1.29, 1.82) is 0 Å². The number of hydrogen-bond acceptors (Lipinski definition) is 4. The first kappa shape index (κ1) is 13.2. The minimum atomic E-state index is 0.437. The Bertz CT molecular complexity index is 93.6. The number of nitrogens with one attached hydrogen (secondary N) is 1. The van der Waals surface area contributed by atoms with E-state index in [1.807, 2.05) is 11.8 Å². The molecule has 0 bridgehead atoms. The van der Waals surface area contributed by atoms with E-state index in [1.54, 1.807) is 7.11 Å². The van der Waals surface area contributed by atoms with E-state index in [4.69, 9.17) is 10.6 Å². The molecule has 0 aromatic heterocycles. The molecule has 0 fully saturated rings. The lowest BCUT2D eigenvalue weighted by Gasteiger charge is -2.14. The van der Waals surface area contributed by atoms with E-state index in [9.17, 15) is 0 Å². The molecule has 0 amide bonds. The van der Waals surface area contributed by atoms with Crippen molar-refractivity contribution < 1.29 is 4.74 Å². The van der Waals surface area contributed by atoms with Crippen LogP contribution >= 0.6 is 11.8 Å². The molecule has 1 unspecified atom stereocenters. The predicted molar refractivity (Wildman–Crippen MR) is 59.8 cm³/mol. The van der Waals surface area contributed by atoms with E-state index in [0.29, 0.717) is 6.04 Å². The van der Waals surface area contributed by atoms with Crippen molar-refractivity contribution in [2.45, 2.75) is 32.2 Å². The normalized spacial score (nSPS) is 13.2. The van der Waals surface area contributed by atoms with Crippen LogP contribution in [0.1, 0.15) is 26.2 Å². The molecule has 0 radical (unpaired) electrons. The highest BCUT2D eigenvalue weighted by Crippen LogP contribution is 2.07. The van der Waals surface area contributed by atoms with Gasteiger partial charge in [-0.3, -0.25) is 11.3 Å². The Kier molecular flexibility index (Phi) is 10.5. The van der Waals surface area contributed by atoms with E-state index in [2.05, 4.69) is 12.3 Å². The van der Waals surface area contributed by atoms with Gasteiger partial charge in [-0.25, -0.2) is 0 Å². The Balaban J connectivity index is 3.28. The number of ether oxygens (including phenoxy) is 1. The molecule has 0 aromatic rings. The molecule has 0 saturated heterocycles. The smallest absolute Gasteiger partial charge is 0.0462 e. The fourth-order valence-electron chi connectivity index (χ4n) is 1.06. The molecule has 0 aromatic carbocycles. The maximum atomic E-state index is 5.43. The zero-order valence-corrected chi connectivity index (χ0v) is 9.53. The average Bonchev–Trinajstić information content (AvgIpc) is 2.16. The standard InChI is InChI=1S/C9H22N2OS/c1-3-7-13-8-9(11-10)5-4-6-12-2/h9,11H,3-8,10H2,1-2H3. The first-order valence-corrected chi connectivity index (χ1v) is 6.03. The summed E-state index contributed by atoms with van der Waals surface area (Å²) in [5, 5.41) is 0. The van der Waals surface area contributed by atoms with Crippen molar-refractivity contribution >= 4 is 11.8 Å². The van der Waals surface area contributed by atoms with Crippen LogP contribution in [0.15, 0.2) is 0 Å². The fourth-order valence-corrected chi connectivity index (χ4v) is 2.06. The third-order valence-electron chi connectivity index (χ3n) is 1.80. The Hall–Kier alpha value is 0.230. The van der Waals surface area contributed by atoms with Gasteiger partial charge in [-0.1, -0.05) is 6.92 Å². The van der Waals surface area contributed by atoms with Crippen LogP contribution in [-0.2, 0) is 4.74 Å². The molecule has 0 saturated carbocycles. The maximum Gasteiger partial charge on any atom is 0.0462 e. The monoisotopic (exact) mass is 206 g/mol. The molecule has 0 heterocycles. The van der Waals surface area contributed by atoms with Gasteiger partial charge in [-0.2, -0.15) is 11.8 Å². The average molecular weight is 206 g/mol. The summed E-state index contributed by atoms with van der Waals surface area (Å²) in [7, 11) is 1.73. The zero-order chi connectivity index (χ0) is 9.94. The second-order valence-electron chi connectivity index (χ2n) is 3.07. The molecular formula is C9H22N2OS. The summed E-state index contributed by atoms with van der Waals surface area (Å²) in [4.78, 5) is 0. The minimum absolute atomic E-state index is 0.437. The lowest BCUT2D eigenvalue weighted by molar-refractivity contribution is 0.189. The van der Waals surface area contributed by atoms with Gasteiger partial charge in [-0.05, 0) is 25.0 Å². The van der Waals surface area contributed by atoms with Gasteiger partial charge in [0.2, 0.25) is 0 Å². The number of hydrazine groups is 1. The number of hydrogen-bond donors (Lipinski definition) is 2. The van der Waals surface area contributed by atoms with E-state index in [-0.39, 0.29) is 0 Å². The van der Waals surface area contributed by atoms with Gasteiger partial charge in [0.15, 0.2) is 0 Å².